The van der Waals surface area contributed by atoms with Gasteiger partial charge in [-0.3, -0.25) is 0 Å². The molecule has 1 aromatic rings. The number of furan rings is 1. The molecule has 1 N–H and O–H groups in total. The maximum absolute atomic E-state index is 5.37. The van der Waals surface area contributed by atoms with Crippen LogP contribution in [0, 0.1) is 0 Å². The quantitative estimate of drug-likeness (QED) is 0.762. The van der Waals surface area contributed by atoms with Crippen molar-refractivity contribution in [2.24, 2.45) is 0 Å². The van der Waals surface area contributed by atoms with Crippen molar-refractivity contribution in [1.29, 1.82) is 0 Å². The highest BCUT2D eigenvalue weighted by Crippen LogP contribution is 2.17. The van der Waals surface area contributed by atoms with E-state index in [4.69, 9.17) is 4.42 Å². The number of hydrogen-bond acceptors (Lipinski definition) is 3. The van der Waals surface area contributed by atoms with Gasteiger partial charge in [0.05, 0.1) is 12.3 Å². The van der Waals surface area contributed by atoms with E-state index in [9.17, 15) is 0 Å². The molecule has 13 heavy (non-hydrogen) atoms. The van der Waals surface area contributed by atoms with Crippen LogP contribution < -0.4 is 5.32 Å². The van der Waals surface area contributed by atoms with Crippen LogP contribution in [0.15, 0.2) is 22.8 Å². The second-order valence-corrected chi connectivity index (χ2v) is 3.89. The summed E-state index contributed by atoms with van der Waals surface area (Å²) in [6, 6.07) is 4.34. The van der Waals surface area contributed by atoms with Crippen molar-refractivity contribution in [2.45, 2.75) is 19.4 Å². The van der Waals surface area contributed by atoms with Crippen molar-refractivity contribution in [1.82, 2.24) is 5.32 Å². The van der Waals surface area contributed by atoms with E-state index in [1.165, 1.54) is 0 Å². The van der Waals surface area contributed by atoms with Gasteiger partial charge in [-0.2, -0.15) is 11.8 Å². The number of nitrogens with one attached hydrogen (secondary N) is 1. The van der Waals surface area contributed by atoms with Crippen molar-refractivity contribution in [3.63, 3.8) is 0 Å². The maximum atomic E-state index is 5.37. The summed E-state index contributed by atoms with van der Waals surface area (Å²) in [5.74, 6) is 2.11. The van der Waals surface area contributed by atoms with E-state index in [1.54, 1.807) is 6.26 Å². The number of rotatable bonds is 6. The van der Waals surface area contributed by atoms with Gasteiger partial charge in [-0.25, -0.2) is 0 Å². The van der Waals surface area contributed by atoms with Crippen LogP contribution in [0.1, 0.15) is 25.1 Å². The van der Waals surface area contributed by atoms with Crippen molar-refractivity contribution in [3.05, 3.63) is 24.2 Å². The summed E-state index contributed by atoms with van der Waals surface area (Å²) in [6.45, 7) is 3.22. The molecular weight excluding hydrogens is 182 g/mol. The number of thioether (sulfide) groups is 1. The van der Waals surface area contributed by atoms with Gasteiger partial charge in [-0.15, -0.1) is 0 Å². The highest BCUT2D eigenvalue weighted by Gasteiger charge is 2.11. The Kier molecular flexibility index (Phi) is 5.01. The van der Waals surface area contributed by atoms with E-state index in [0.29, 0.717) is 6.04 Å². The lowest BCUT2D eigenvalue weighted by molar-refractivity contribution is 0.435. The Morgan fingerprint density at radius 2 is 2.46 bits per heavy atom. The Morgan fingerprint density at radius 3 is 3.00 bits per heavy atom. The zero-order valence-electron chi connectivity index (χ0n) is 8.25. The van der Waals surface area contributed by atoms with Gasteiger partial charge in [-0.05, 0) is 31.4 Å². The molecule has 0 saturated heterocycles. The lowest BCUT2D eigenvalue weighted by atomic mass is 10.2. The molecule has 0 saturated carbocycles. The zero-order chi connectivity index (χ0) is 9.52. The van der Waals surface area contributed by atoms with E-state index in [-0.39, 0.29) is 0 Å². The summed E-state index contributed by atoms with van der Waals surface area (Å²) < 4.78 is 5.37. The standard InChI is InChI=1S/C10H17NOS/c1-3-6-11-9(8-13-2)10-5-4-7-12-10/h4-5,7,9,11H,3,6,8H2,1-2H3. The van der Waals surface area contributed by atoms with Gasteiger partial charge in [0.15, 0.2) is 0 Å². The van der Waals surface area contributed by atoms with Crippen molar-refractivity contribution < 1.29 is 4.42 Å². The zero-order valence-corrected chi connectivity index (χ0v) is 9.06. The molecule has 0 radical (unpaired) electrons. The maximum Gasteiger partial charge on any atom is 0.121 e. The highest BCUT2D eigenvalue weighted by atomic mass is 32.2. The molecule has 0 spiro atoms. The van der Waals surface area contributed by atoms with Gasteiger partial charge < -0.3 is 9.73 Å². The molecule has 3 heteroatoms. The molecule has 0 aliphatic rings. The monoisotopic (exact) mass is 199 g/mol. The highest BCUT2D eigenvalue weighted by molar-refractivity contribution is 7.98. The van der Waals surface area contributed by atoms with E-state index in [1.807, 2.05) is 23.9 Å². The van der Waals surface area contributed by atoms with Gasteiger partial charge in [0.1, 0.15) is 5.76 Å². The molecule has 0 aromatic carbocycles. The van der Waals surface area contributed by atoms with Crippen molar-refractivity contribution in [3.8, 4) is 0 Å². The molecule has 0 fully saturated rings. The molecule has 0 aliphatic heterocycles. The smallest absolute Gasteiger partial charge is 0.121 e. The molecule has 0 bridgehead atoms. The summed E-state index contributed by atoms with van der Waals surface area (Å²) >= 11 is 1.84. The first kappa shape index (κ1) is 10.7. The summed E-state index contributed by atoms with van der Waals surface area (Å²) in [7, 11) is 0. The van der Waals surface area contributed by atoms with Crippen LogP contribution in [-0.2, 0) is 0 Å². The van der Waals surface area contributed by atoms with Crippen LogP contribution in [0.2, 0.25) is 0 Å². The van der Waals surface area contributed by atoms with E-state index in [0.717, 1.165) is 24.5 Å². The first-order valence-electron chi connectivity index (χ1n) is 4.64. The molecule has 1 unspecified atom stereocenters. The minimum Gasteiger partial charge on any atom is -0.468 e. The van der Waals surface area contributed by atoms with Crippen LogP contribution in [0.4, 0.5) is 0 Å². The molecule has 0 aliphatic carbocycles. The summed E-state index contributed by atoms with van der Waals surface area (Å²) in [5.41, 5.74) is 0. The van der Waals surface area contributed by atoms with Crippen LogP contribution >= 0.6 is 11.8 Å². The Hall–Kier alpha value is -0.410. The summed E-state index contributed by atoms with van der Waals surface area (Å²) in [4.78, 5) is 0. The second kappa shape index (κ2) is 6.11. The van der Waals surface area contributed by atoms with Gasteiger partial charge in [0.2, 0.25) is 0 Å². The Bertz CT molecular complexity index is 211. The molecule has 1 atom stereocenters. The lowest BCUT2D eigenvalue weighted by Crippen LogP contribution is -2.23. The average molecular weight is 199 g/mol. The lowest BCUT2D eigenvalue weighted by Gasteiger charge is -2.14. The first-order chi connectivity index (χ1) is 6.38. The minimum absolute atomic E-state index is 0.366. The normalized spacial score (nSPS) is 13.1. The molecule has 0 amide bonds. The fourth-order valence-electron chi connectivity index (χ4n) is 1.22. The predicted octanol–water partition coefficient (Wildman–Crippen LogP) is 2.68. The number of hydrogen-bond donors (Lipinski definition) is 1. The Balaban J connectivity index is 2.47. The van der Waals surface area contributed by atoms with Gasteiger partial charge in [-0.1, -0.05) is 6.92 Å². The fourth-order valence-corrected chi connectivity index (χ4v) is 1.83. The molecule has 1 heterocycles. The Morgan fingerprint density at radius 1 is 1.62 bits per heavy atom. The summed E-state index contributed by atoms with van der Waals surface area (Å²) in [6.07, 6.45) is 5.01. The van der Waals surface area contributed by atoms with Crippen molar-refractivity contribution in [2.75, 3.05) is 18.6 Å². The topological polar surface area (TPSA) is 25.2 Å². The molecule has 74 valence electrons. The molecule has 1 rings (SSSR count). The molecule has 1 aromatic heterocycles. The van der Waals surface area contributed by atoms with Crippen LogP contribution in [0.25, 0.3) is 0 Å². The third-order valence-electron chi connectivity index (χ3n) is 1.86. The second-order valence-electron chi connectivity index (χ2n) is 2.98. The Labute approximate surface area is 84.1 Å². The average Bonchev–Trinajstić information content (AvgIpc) is 2.65. The summed E-state index contributed by atoms with van der Waals surface area (Å²) in [5, 5.41) is 3.46. The van der Waals surface area contributed by atoms with Crippen LogP contribution in [0.5, 0.6) is 0 Å². The first-order valence-corrected chi connectivity index (χ1v) is 6.03. The van der Waals surface area contributed by atoms with E-state index < -0.39 is 0 Å². The third kappa shape index (κ3) is 3.44. The van der Waals surface area contributed by atoms with Gasteiger partial charge in [0, 0.05) is 5.75 Å². The van der Waals surface area contributed by atoms with Gasteiger partial charge in [0.25, 0.3) is 0 Å². The van der Waals surface area contributed by atoms with E-state index in [2.05, 4.69) is 18.5 Å². The van der Waals surface area contributed by atoms with Gasteiger partial charge >= 0.3 is 0 Å². The van der Waals surface area contributed by atoms with Crippen molar-refractivity contribution >= 4 is 11.8 Å². The largest absolute Gasteiger partial charge is 0.468 e. The fraction of sp³-hybridized carbons (Fsp3) is 0.600. The van der Waals surface area contributed by atoms with Crippen LogP contribution in [0.3, 0.4) is 0 Å². The molecule has 2 nitrogen and oxygen atoms in total. The third-order valence-corrected chi connectivity index (χ3v) is 2.53. The predicted molar refractivity (Wildman–Crippen MR) is 58.1 cm³/mol. The SMILES string of the molecule is CCCNC(CSC)c1ccco1. The van der Waals surface area contributed by atoms with E-state index >= 15 is 0 Å². The van der Waals surface area contributed by atoms with Crippen LogP contribution in [-0.4, -0.2) is 18.6 Å². The minimum atomic E-state index is 0.366. The molecular formula is C10H17NOS.